The molecule has 1 saturated carbocycles. The predicted octanol–water partition coefficient (Wildman–Crippen LogP) is 2.34. The SMILES string of the molecule is NCCCN(c1cnc2ccccc2n1)C1CCC1. The minimum Gasteiger partial charge on any atom is -0.352 e. The molecule has 4 heteroatoms. The fourth-order valence-electron chi connectivity index (χ4n) is 2.53. The second kappa shape index (κ2) is 5.53. The van der Waals surface area contributed by atoms with Crippen molar-refractivity contribution in [2.45, 2.75) is 31.7 Å². The van der Waals surface area contributed by atoms with Crippen molar-refractivity contribution in [2.75, 3.05) is 18.0 Å². The third-order valence-electron chi connectivity index (χ3n) is 3.85. The van der Waals surface area contributed by atoms with Gasteiger partial charge in [0.15, 0.2) is 0 Å². The lowest BCUT2D eigenvalue weighted by atomic mass is 9.91. The zero-order valence-corrected chi connectivity index (χ0v) is 11.1. The van der Waals surface area contributed by atoms with Crippen LogP contribution in [0.25, 0.3) is 11.0 Å². The van der Waals surface area contributed by atoms with Crippen molar-refractivity contribution >= 4 is 16.9 Å². The molecule has 2 N–H and O–H groups in total. The van der Waals surface area contributed by atoms with E-state index < -0.39 is 0 Å². The van der Waals surface area contributed by atoms with Crippen molar-refractivity contribution in [1.82, 2.24) is 9.97 Å². The van der Waals surface area contributed by atoms with Gasteiger partial charge < -0.3 is 10.6 Å². The summed E-state index contributed by atoms with van der Waals surface area (Å²) >= 11 is 0. The van der Waals surface area contributed by atoms with Gasteiger partial charge in [-0.25, -0.2) is 4.98 Å². The van der Waals surface area contributed by atoms with Gasteiger partial charge in [-0.05, 0) is 44.4 Å². The molecule has 100 valence electrons. The molecule has 1 aliphatic rings. The molecule has 0 aliphatic heterocycles. The van der Waals surface area contributed by atoms with Gasteiger partial charge in [0.05, 0.1) is 17.2 Å². The van der Waals surface area contributed by atoms with Gasteiger partial charge in [-0.15, -0.1) is 0 Å². The highest BCUT2D eigenvalue weighted by Gasteiger charge is 2.25. The van der Waals surface area contributed by atoms with Crippen LogP contribution in [-0.4, -0.2) is 29.1 Å². The summed E-state index contributed by atoms with van der Waals surface area (Å²) in [5.41, 5.74) is 7.57. The van der Waals surface area contributed by atoms with Crippen LogP contribution in [0, 0.1) is 0 Å². The molecular weight excluding hydrogens is 236 g/mol. The molecule has 4 nitrogen and oxygen atoms in total. The highest BCUT2D eigenvalue weighted by Crippen LogP contribution is 2.29. The van der Waals surface area contributed by atoms with Crippen LogP contribution in [-0.2, 0) is 0 Å². The largest absolute Gasteiger partial charge is 0.352 e. The smallest absolute Gasteiger partial charge is 0.148 e. The lowest BCUT2D eigenvalue weighted by Crippen LogP contribution is -2.42. The summed E-state index contributed by atoms with van der Waals surface area (Å²) < 4.78 is 0. The van der Waals surface area contributed by atoms with Gasteiger partial charge in [0.1, 0.15) is 5.82 Å². The first-order valence-electron chi connectivity index (χ1n) is 7.07. The fourth-order valence-corrected chi connectivity index (χ4v) is 2.53. The summed E-state index contributed by atoms with van der Waals surface area (Å²) in [6.45, 7) is 1.71. The molecule has 0 saturated heterocycles. The van der Waals surface area contributed by atoms with E-state index in [-0.39, 0.29) is 0 Å². The van der Waals surface area contributed by atoms with E-state index >= 15 is 0 Å². The minimum absolute atomic E-state index is 0.627. The number of hydrogen-bond acceptors (Lipinski definition) is 4. The first-order chi connectivity index (χ1) is 9.38. The van der Waals surface area contributed by atoms with E-state index in [0.29, 0.717) is 6.04 Å². The topological polar surface area (TPSA) is 55.0 Å². The fraction of sp³-hybridized carbons (Fsp3) is 0.467. The maximum absolute atomic E-state index is 5.64. The van der Waals surface area contributed by atoms with E-state index in [0.717, 1.165) is 36.4 Å². The molecule has 0 amide bonds. The normalized spacial score (nSPS) is 15.4. The Balaban J connectivity index is 1.89. The molecular formula is C15H20N4. The Hall–Kier alpha value is -1.68. The third-order valence-corrected chi connectivity index (χ3v) is 3.85. The van der Waals surface area contributed by atoms with Crippen LogP contribution in [0.4, 0.5) is 5.82 Å². The molecule has 0 spiro atoms. The van der Waals surface area contributed by atoms with Crippen LogP contribution in [0.1, 0.15) is 25.7 Å². The average molecular weight is 256 g/mol. The van der Waals surface area contributed by atoms with Crippen molar-refractivity contribution in [2.24, 2.45) is 5.73 Å². The maximum Gasteiger partial charge on any atom is 0.148 e. The molecule has 0 atom stereocenters. The highest BCUT2D eigenvalue weighted by molar-refractivity contribution is 5.75. The third kappa shape index (κ3) is 2.54. The van der Waals surface area contributed by atoms with Crippen LogP contribution >= 0.6 is 0 Å². The number of para-hydroxylation sites is 2. The van der Waals surface area contributed by atoms with Crippen LogP contribution < -0.4 is 10.6 Å². The molecule has 2 aromatic rings. The summed E-state index contributed by atoms with van der Waals surface area (Å²) in [5, 5.41) is 0. The zero-order chi connectivity index (χ0) is 13.1. The number of nitrogens with two attached hydrogens (primary N) is 1. The van der Waals surface area contributed by atoms with E-state index in [2.05, 4.69) is 9.88 Å². The molecule has 1 aliphatic carbocycles. The van der Waals surface area contributed by atoms with Gasteiger partial charge in [0.2, 0.25) is 0 Å². The van der Waals surface area contributed by atoms with Crippen LogP contribution in [0.15, 0.2) is 30.5 Å². The highest BCUT2D eigenvalue weighted by atomic mass is 15.2. The summed E-state index contributed by atoms with van der Waals surface area (Å²) in [6.07, 6.45) is 6.76. The Kier molecular flexibility index (Phi) is 3.60. The van der Waals surface area contributed by atoms with Gasteiger partial charge >= 0.3 is 0 Å². The molecule has 0 bridgehead atoms. The maximum atomic E-state index is 5.64. The predicted molar refractivity (Wildman–Crippen MR) is 78.2 cm³/mol. The lowest BCUT2D eigenvalue weighted by molar-refractivity contribution is 0.383. The van der Waals surface area contributed by atoms with E-state index in [9.17, 15) is 0 Å². The summed E-state index contributed by atoms with van der Waals surface area (Å²) in [5.74, 6) is 0.997. The summed E-state index contributed by atoms with van der Waals surface area (Å²) in [7, 11) is 0. The molecule has 0 radical (unpaired) electrons. The number of aromatic nitrogens is 2. The Morgan fingerprint density at radius 3 is 2.68 bits per heavy atom. The second-order valence-corrected chi connectivity index (χ2v) is 5.14. The molecule has 1 aromatic heterocycles. The molecule has 19 heavy (non-hydrogen) atoms. The van der Waals surface area contributed by atoms with Crippen molar-refractivity contribution in [3.8, 4) is 0 Å². The van der Waals surface area contributed by atoms with E-state index in [1.165, 1.54) is 19.3 Å². The van der Waals surface area contributed by atoms with Crippen molar-refractivity contribution in [3.63, 3.8) is 0 Å². The van der Waals surface area contributed by atoms with Crippen LogP contribution in [0.3, 0.4) is 0 Å². The number of hydrogen-bond donors (Lipinski definition) is 1. The molecule has 1 fully saturated rings. The first kappa shape index (κ1) is 12.4. The van der Waals surface area contributed by atoms with Crippen LogP contribution in [0.2, 0.25) is 0 Å². The standard InChI is InChI=1S/C15H20N4/c16-9-4-10-19(12-5-3-6-12)15-11-17-13-7-1-2-8-14(13)18-15/h1-2,7-8,11-12H,3-6,9-10,16H2. The Morgan fingerprint density at radius 2 is 2.00 bits per heavy atom. The summed E-state index contributed by atoms with van der Waals surface area (Å²) in [6, 6.07) is 8.65. The number of anilines is 1. The first-order valence-corrected chi connectivity index (χ1v) is 7.07. The van der Waals surface area contributed by atoms with Gasteiger partial charge in [0.25, 0.3) is 0 Å². The average Bonchev–Trinajstić information content (AvgIpc) is 2.40. The lowest BCUT2D eigenvalue weighted by Gasteiger charge is -2.38. The number of rotatable bonds is 5. The van der Waals surface area contributed by atoms with Gasteiger partial charge in [-0.3, -0.25) is 4.98 Å². The second-order valence-electron chi connectivity index (χ2n) is 5.14. The van der Waals surface area contributed by atoms with E-state index in [1.807, 2.05) is 30.5 Å². The van der Waals surface area contributed by atoms with Gasteiger partial charge in [0, 0.05) is 12.6 Å². The number of nitrogens with zero attached hydrogens (tertiary/aromatic N) is 3. The van der Waals surface area contributed by atoms with Crippen molar-refractivity contribution in [3.05, 3.63) is 30.5 Å². The minimum atomic E-state index is 0.627. The Bertz CT molecular complexity index is 551. The monoisotopic (exact) mass is 256 g/mol. The van der Waals surface area contributed by atoms with E-state index in [4.69, 9.17) is 10.7 Å². The van der Waals surface area contributed by atoms with E-state index in [1.54, 1.807) is 0 Å². The number of fused-ring (bicyclic) bond motifs is 1. The zero-order valence-electron chi connectivity index (χ0n) is 11.1. The molecule has 0 unspecified atom stereocenters. The van der Waals surface area contributed by atoms with Gasteiger partial charge in [-0.1, -0.05) is 12.1 Å². The molecule has 3 rings (SSSR count). The molecule has 1 heterocycles. The Morgan fingerprint density at radius 1 is 1.21 bits per heavy atom. The van der Waals surface area contributed by atoms with Crippen molar-refractivity contribution < 1.29 is 0 Å². The number of benzene rings is 1. The summed E-state index contributed by atoms with van der Waals surface area (Å²) in [4.78, 5) is 11.7. The quantitative estimate of drug-likeness (QED) is 0.892. The van der Waals surface area contributed by atoms with Gasteiger partial charge in [-0.2, -0.15) is 0 Å². The molecule has 1 aromatic carbocycles. The van der Waals surface area contributed by atoms with Crippen molar-refractivity contribution in [1.29, 1.82) is 0 Å². The Labute approximate surface area is 113 Å². The van der Waals surface area contributed by atoms with Crippen LogP contribution in [0.5, 0.6) is 0 Å².